The van der Waals surface area contributed by atoms with Crippen LogP contribution in [0.1, 0.15) is 5.56 Å². The van der Waals surface area contributed by atoms with Crippen LogP contribution in [0, 0.1) is 0 Å². The first-order valence-electron chi connectivity index (χ1n) is 6.20. The second kappa shape index (κ2) is 6.71. The van der Waals surface area contributed by atoms with Gasteiger partial charge in [-0.05, 0) is 48.5 Å². The lowest BCUT2D eigenvalue weighted by Crippen LogP contribution is -2.19. The lowest BCUT2D eigenvalue weighted by Gasteiger charge is -2.08. The maximum atomic E-state index is 11.9. The topological polar surface area (TPSA) is 76.4 Å². The number of nitrogens with one attached hydrogen (secondary N) is 2. The molecular formula is C15H15N3O2S. The van der Waals surface area contributed by atoms with E-state index in [0.717, 1.165) is 11.3 Å². The molecule has 2 aromatic rings. The molecule has 0 aliphatic heterocycles. The zero-order valence-electron chi connectivity index (χ0n) is 11.4. The number of carbonyl (C=O) groups is 1. The zero-order chi connectivity index (χ0) is 15.2. The van der Waals surface area contributed by atoms with E-state index in [1.165, 1.54) is 0 Å². The van der Waals surface area contributed by atoms with Crippen molar-refractivity contribution in [1.82, 2.24) is 0 Å². The molecule has 0 radical (unpaired) electrons. The number of rotatable bonds is 4. The Labute approximate surface area is 128 Å². The van der Waals surface area contributed by atoms with Crippen molar-refractivity contribution in [2.45, 2.75) is 0 Å². The van der Waals surface area contributed by atoms with Gasteiger partial charge in [0.15, 0.2) is 0 Å². The molecule has 0 fully saturated rings. The molecule has 0 spiro atoms. The highest BCUT2D eigenvalue weighted by Crippen LogP contribution is 2.15. The quantitative estimate of drug-likeness (QED) is 0.759. The average molecular weight is 301 g/mol. The van der Waals surface area contributed by atoms with E-state index in [2.05, 4.69) is 10.6 Å². The first-order valence-corrected chi connectivity index (χ1v) is 6.61. The Kier molecular flexibility index (Phi) is 4.73. The van der Waals surface area contributed by atoms with E-state index in [9.17, 15) is 4.79 Å². The van der Waals surface area contributed by atoms with E-state index in [1.807, 2.05) is 0 Å². The van der Waals surface area contributed by atoms with Crippen molar-refractivity contribution < 1.29 is 9.53 Å². The number of ether oxygens (including phenoxy) is 1. The molecule has 0 unspecified atom stereocenters. The Morgan fingerprint density at radius 1 is 1.00 bits per heavy atom. The fourth-order valence-corrected chi connectivity index (χ4v) is 1.82. The molecule has 0 aromatic heterocycles. The van der Waals surface area contributed by atoms with Gasteiger partial charge in [-0.25, -0.2) is 4.79 Å². The van der Waals surface area contributed by atoms with Gasteiger partial charge in [0.1, 0.15) is 10.7 Å². The molecular weight excluding hydrogens is 286 g/mol. The number of carbonyl (C=O) groups excluding carboxylic acids is 1. The van der Waals surface area contributed by atoms with Crippen molar-refractivity contribution in [3.63, 3.8) is 0 Å². The van der Waals surface area contributed by atoms with Gasteiger partial charge in [-0.3, -0.25) is 0 Å². The lowest BCUT2D eigenvalue weighted by atomic mass is 10.2. The molecule has 5 nitrogen and oxygen atoms in total. The third-order valence-electron chi connectivity index (χ3n) is 2.78. The van der Waals surface area contributed by atoms with Crippen molar-refractivity contribution in [3.05, 3.63) is 54.1 Å². The molecule has 0 saturated heterocycles. The number of hydrogen-bond acceptors (Lipinski definition) is 3. The number of anilines is 2. The van der Waals surface area contributed by atoms with Crippen LogP contribution in [-0.2, 0) is 0 Å². The van der Waals surface area contributed by atoms with Gasteiger partial charge < -0.3 is 21.1 Å². The number of urea groups is 1. The summed E-state index contributed by atoms with van der Waals surface area (Å²) >= 11 is 4.87. The molecule has 108 valence electrons. The average Bonchev–Trinajstić information content (AvgIpc) is 2.48. The maximum absolute atomic E-state index is 11.9. The maximum Gasteiger partial charge on any atom is 0.323 e. The van der Waals surface area contributed by atoms with Crippen LogP contribution >= 0.6 is 12.2 Å². The molecule has 0 heterocycles. The Balaban J connectivity index is 1.95. The Hall–Kier alpha value is -2.60. The van der Waals surface area contributed by atoms with Gasteiger partial charge in [-0.2, -0.15) is 0 Å². The van der Waals surface area contributed by atoms with Crippen LogP contribution in [0.15, 0.2) is 48.5 Å². The summed E-state index contributed by atoms with van der Waals surface area (Å²) in [4.78, 5) is 12.2. The summed E-state index contributed by atoms with van der Waals surface area (Å²) in [6.45, 7) is 0. The Bertz CT molecular complexity index is 639. The number of benzene rings is 2. The van der Waals surface area contributed by atoms with Gasteiger partial charge >= 0.3 is 6.03 Å². The predicted octanol–water partition coefficient (Wildman–Crippen LogP) is 2.97. The third kappa shape index (κ3) is 4.19. The monoisotopic (exact) mass is 301 g/mol. The van der Waals surface area contributed by atoms with E-state index in [4.69, 9.17) is 22.7 Å². The summed E-state index contributed by atoms with van der Waals surface area (Å²) in [7, 11) is 1.59. The fraction of sp³-hybridized carbons (Fsp3) is 0.0667. The minimum Gasteiger partial charge on any atom is -0.497 e. The molecule has 2 rings (SSSR count). The van der Waals surface area contributed by atoms with Crippen molar-refractivity contribution in [2.75, 3.05) is 17.7 Å². The van der Waals surface area contributed by atoms with E-state index in [-0.39, 0.29) is 6.03 Å². The summed E-state index contributed by atoms with van der Waals surface area (Å²) in [5.41, 5.74) is 7.60. The summed E-state index contributed by atoms with van der Waals surface area (Å²) in [5, 5.41) is 5.44. The predicted molar refractivity (Wildman–Crippen MR) is 88.0 cm³/mol. The highest BCUT2D eigenvalue weighted by Gasteiger charge is 2.03. The normalized spacial score (nSPS) is 9.76. The van der Waals surface area contributed by atoms with Crippen LogP contribution in [-0.4, -0.2) is 18.1 Å². The van der Waals surface area contributed by atoms with Crippen molar-refractivity contribution in [2.24, 2.45) is 5.73 Å². The molecule has 0 aliphatic rings. The fourth-order valence-electron chi connectivity index (χ4n) is 1.69. The number of hydrogen-bond donors (Lipinski definition) is 3. The van der Waals surface area contributed by atoms with Crippen molar-refractivity contribution >= 4 is 34.6 Å². The van der Waals surface area contributed by atoms with Crippen LogP contribution in [0.2, 0.25) is 0 Å². The molecule has 2 aromatic carbocycles. The van der Waals surface area contributed by atoms with Gasteiger partial charge in [0.2, 0.25) is 0 Å². The minimum atomic E-state index is -0.330. The molecule has 0 atom stereocenters. The number of amides is 2. The molecule has 0 bridgehead atoms. The van der Waals surface area contributed by atoms with Crippen LogP contribution < -0.4 is 21.1 Å². The summed E-state index contributed by atoms with van der Waals surface area (Å²) in [5.74, 6) is 0.731. The lowest BCUT2D eigenvalue weighted by molar-refractivity contribution is 0.262. The molecule has 21 heavy (non-hydrogen) atoms. The summed E-state index contributed by atoms with van der Waals surface area (Å²) in [6.07, 6.45) is 0. The van der Waals surface area contributed by atoms with Crippen LogP contribution in [0.5, 0.6) is 5.75 Å². The number of thiocarbonyl (C=S) groups is 1. The first-order chi connectivity index (χ1) is 10.1. The van der Waals surface area contributed by atoms with Gasteiger partial charge in [0.05, 0.1) is 7.11 Å². The number of nitrogens with two attached hydrogens (primary N) is 1. The summed E-state index contributed by atoms with van der Waals surface area (Å²) in [6, 6.07) is 13.7. The van der Waals surface area contributed by atoms with Crippen LogP contribution in [0.25, 0.3) is 0 Å². The van der Waals surface area contributed by atoms with Crippen molar-refractivity contribution in [1.29, 1.82) is 0 Å². The number of methoxy groups -OCH3 is 1. The molecule has 6 heteroatoms. The highest BCUT2D eigenvalue weighted by atomic mass is 32.1. The van der Waals surface area contributed by atoms with Gasteiger partial charge in [0, 0.05) is 16.9 Å². The van der Waals surface area contributed by atoms with Crippen LogP contribution in [0.3, 0.4) is 0 Å². The molecule has 0 aliphatic carbocycles. The second-order valence-electron chi connectivity index (χ2n) is 4.25. The van der Waals surface area contributed by atoms with E-state index in [1.54, 1.807) is 55.6 Å². The van der Waals surface area contributed by atoms with E-state index < -0.39 is 0 Å². The second-order valence-corrected chi connectivity index (χ2v) is 4.69. The Morgan fingerprint density at radius 2 is 1.48 bits per heavy atom. The largest absolute Gasteiger partial charge is 0.497 e. The highest BCUT2D eigenvalue weighted by molar-refractivity contribution is 7.80. The van der Waals surface area contributed by atoms with Gasteiger partial charge in [0.25, 0.3) is 0 Å². The van der Waals surface area contributed by atoms with Crippen LogP contribution in [0.4, 0.5) is 16.2 Å². The first kappa shape index (κ1) is 14.8. The molecule has 4 N–H and O–H groups in total. The SMILES string of the molecule is COc1ccc(NC(=O)Nc2ccc(C(N)=S)cc2)cc1. The van der Waals surface area contributed by atoms with E-state index in [0.29, 0.717) is 16.4 Å². The summed E-state index contributed by atoms with van der Waals surface area (Å²) < 4.78 is 5.05. The smallest absolute Gasteiger partial charge is 0.323 e. The Morgan fingerprint density at radius 3 is 1.90 bits per heavy atom. The standard InChI is InChI=1S/C15H15N3O2S/c1-20-13-8-6-12(7-9-13)18-15(19)17-11-4-2-10(3-5-11)14(16)21/h2-9H,1H3,(H2,16,21)(H2,17,18,19). The zero-order valence-corrected chi connectivity index (χ0v) is 12.2. The minimum absolute atomic E-state index is 0.323. The van der Waals surface area contributed by atoms with Gasteiger partial charge in [-0.15, -0.1) is 0 Å². The van der Waals surface area contributed by atoms with Crippen molar-refractivity contribution in [3.8, 4) is 5.75 Å². The van der Waals surface area contributed by atoms with E-state index >= 15 is 0 Å². The third-order valence-corrected chi connectivity index (χ3v) is 3.01. The molecule has 2 amide bonds. The molecule has 0 saturated carbocycles. The van der Waals surface area contributed by atoms with Gasteiger partial charge in [-0.1, -0.05) is 12.2 Å².